The number of carbonyl (C=O) groups is 1. The molecule has 0 spiro atoms. The Morgan fingerprint density at radius 1 is 1.50 bits per heavy atom. The largest absolute Gasteiger partial charge is 0.369 e. The number of nitrogens with zero attached hydrogens (tertiary/aromatic N) is 5. The lowest BCUT2D eigenvalue weighted by atomic mass is 10.2. The quantitative estimate of drug-likeness (QED) is 0.903. The number of benzene rings is 1. The Morgan fingerprint density at radius 3 is 3.09 bits per heavy atom. The molecule has 1 aromatic heterocycles. The molecule has 1 amide bonds. The van der Waals surface area contributed by atoms with Gasteiger partial charge in [0.25, 0.3) is 0 Å². The summed E-state index contributed by atoms with van der Waals surface area (Å²) in [6, 6.07) is 4.74. The average molecular weight is 325 g/mol. The molecule has 1 fully saturated rings. The molecule has 0 radical (unpaired) electrons. The van der Waals surface area contributed by atoms with E-state index in [9.17, 15) is 9.18 Å². The predicted octanol–water partition coefficient (Wildman–Crippen LogP) is 0.861. The van der Waals surface area contributed by atoms with Gasteiger partial charge in [-0.2, -0.15) is 0 Å². The summed E-state index contributed by atoms with van der Waals surface area (Å²) in [7, 11) is 0. The fraction of sp³-hybridized carbons (Fsp3) is 0.385. The molecule has 0 unspecified atom stereocenters. The third kappa shape index (κ3) is 3.33. The number of amides is 1. The first-order valence-corrected chi connectivity index (χ1v) is 7.20. The maximum absolute atomic E-state index is 13.5. The van der Waals surface area contributed by atoms with Gasteiger partial charge in [-0.25, -0.2) is 9.07 Å². The van der Waals surface area contributed by atoms with Crippen LogP contribution < -0.4 is 10.2 Å². The number of anilines is 1. The second-order valence-electron chi connectivity index (χ2n) is 5.10. The van der Waals surface area contributed by atoms with E-state index in [4.69, 9.17) is 11.6 Å². The van der Waals surface area contributed by atoms with Gasteiger partial charge in [0.15, 0.2) is 0 Å². The minimum atomic E-state index is -0.440. The summed E-state index contributed by atoms with van der Waals surface area (Å²) >= 11 is 5.68. The summed E-state index contributed by atoms with van der Waals surface area (Å²) < 4.78 is 14.9. The highest BCUT2D eigenvalue weighted by molar-refractivity contribution is 6.30. The SMILES string of the molecule is O=C(Cn1cnnn1)N[C@@H]1CCN(c2ccc(Cl)c(F)c2)C1. The fourth-order valence-corrected chi connectivity index (χ4v) is 2.59. The Balaban J connectivity index is 1.55. The predicted molar refractivity (Wildman–Crippen MR) is 78.0 cm³/mol. The lowest BCUT2D eigenvalue weighted by molar-refractivity contribution is -0.122. The first kappa shape index (κ1) is 14.7. The van der Waals surface area contributed by atoms with Crippen LogP contribution in [0.5, 0.6) is 0 Å². The van der Waals surface area contributed by atoms with Gasteiger partial charge in [-0.3, -0.25) is 4.79 Å². The summed E-state index contributed by atoms with van der Waals surface area (Å²) in [6.07, 6.45) is 2.18. The molecule has 22 heavy (non-hydrogen) atoms. The molecule has 3 rings (SSSR count). The van der Waals surface area contributed by atoms with Crippen molar-refractivity contribution in [2.75, 3.05) is 18.0 Å². The van der Waals surface area contributed by atoms with Crippen LogP contribution in [0.15, 0.2) is 24.5 Å². The first-order chi connectivity index (χ1) is 10.6. The van der Waals surface area contributed by atoms with E-state index < -0.39 is 5.82 Å². The van der Waals surface area contributed by atoms with Crippen LogP contribution >= 0.6 is 11.6 Å². The Bertz CT molecular complexity index is 665. The molecule has 0 aliphatic carbocycles. The molecule has 2 heterocycles. The molecule has 9 heteroatoms. The lowest BCUT2D eigenvalue weighted by Crippen LogP contribution is -2.39. The van der Waals surface area contributed by atoms with Crippen LogP contribution in [0, 0.1) is 5.82 Å². The van der Waals surface area contributed by atoms with E-state index in [-0.39, 0.29) is 23.5 Å². The van der Waals surface area contributed by atoms with E-state index in [1.807, 2.05) is 4.90 Å². The van der Waals surface area contributed by atoms with E-state index in [1.165, 1.54) is 23.1 Å². The summed E-state index contributed by atoms with van der Waals surface area (Å²) in [5.41, 5.74) is 0.763. The van der Waals surface area contributed by atoms with Crippen molar-refractivity contribution in [3.8, 4) is 0 Å². The highest BCUT2D eigenvalue weighted by Gasteiger charge is 2.24. The van der Waals surface area contributed by atoms with Gasteiger partial charge in [0.2, 0.25) is 5.91 Å². The van der Waals surface area contributed by atoms with Gasteiger partial charge in [0, 0.05) is 24.8 Å². The van der Waals surface area contributed by atoms with Crippen molar-refractivity contribution in [3.05, 3.63) is 35.4 Å². The highest BCUT2D eigenvalue weighted by Crippen LogP contribution is 2.24. The van der Waals surface area contributed by atoms with Crippen LogP contribution in [0.3, 0.4) is 0 Å². The van der Waals surface area contributed by atoms with Crippen molar-refractivity contribution in [1.29, 1.82) is 0 Å². The highest BCUT2D eigenvalue weighted by atomic mass is 35.5. The van der Waals surface area contributed by atoms with Gasteiger partial charge in [0.05, 0.1) is 5.02 Å². The van der Waals surface area contributed by atoms with Crippen molar-refractivity contribution < 1.29 is 9.18 Å². The maximum Gasteiger partial charge on any atom is 0.242 e. The minimum absolute atomic E-state index is 0.0164. The number of hydrogen-bond acceptors (Lipinski definition) is 5. The second-order valence-corrected chi connectivity index (χ2v) is 5.51. The van der Waals surface area contributed by atoms with E-state index in [0.29, 0.717) is 6.54 Å². The zero-order valence-corrected chi connectivity index (χ0v) is 12.4. The number of hydrogen-bond donors (Lipinski definition) is 1. The third-order valence-corrected chi connectivity index (χ3v) is 3.83. The number of nitrogens with one attached hydrogen (secondary N) is 1. The van der Waals surface area contributed by atoms with Crippen molar-refractivity contribution in [3.63, 3.8) is 0 Å². The van der Waals surface area contributed by atoms with Crippen LogP contribution in [-0.2, 0) is 11.3 Å². The number of aromatic nitrogens is 4. The number of rotatable bonds is 4. The van der Waals surface area contributed by atoms with Crippen molar-refractivity contribution >= 4 is 23.2 Å². The molecule has 1 aromatic carbocycles. The molecule has 1 atom stereocenters. The van der Waals surface area contributed by atoms with E-state index in [0.717, 1.165) is 18.7 Å². The Morgan fingerprint density at radius 2 is 2.36 bits per heavy atom. The Kier molecular flexibility index (Phi) is 4.19. The van der Waals surface area contributed by atoms with Crippen LogP contribution in [0.1, 0.15) is 6.42 Å². The zero-order valence-electron chi connectivity index (χ0n) is 11.6. The molecule has 1 saturated heterocycles. The lowest BCUT2D eigenvalue weighted by Gasteiger charge is -2.19. The van der Waals surface area contributed by atoms with Gasteiger partial charge in [-0.1, -0.05) is 11.6 Å². The number of tetrazole rings is 1. The van der Waals surface area contributed by atoms with Crippen LogP contribution in [0.2, 0.25) is 5.02 Å². The Hall–Kier alpha value is -2.22. The normalized spacial score (nSPS) is 17.7. The van der Waals surface area contributed by atoms with Gasteiger partial charge >= 0.3 is 0 Å². The monoisotopic (exact) mass is 324 g/mol. The van der Waals surface area contributed by atoms with Gasteiger partial charge in [0.1, 0.15) is 18.7 Å². The Labute approximate surface area is 131 Å². The molecule has 1 N–H and O–H groups in total. The summed E-state index contributed by atoms with van der Waals surface area (Å²) in [5, 5.41) is 13.6. The van der Waals surface area contributed by atoms with E-state index in [2.05, 4.69) is 20.8 Å². The van der Waals surface area contributed by atoms with Gasteiger partial charge < -0.3 is 10.2 Å². The average Bonchev–Trinajstić information content (AvgIpc) is 3.13. The molecule has 1 aliphatic rings. The minimum Gasteiger partial charge on any atom is -0.369 e. The third-order valence-electron chi connectivity index (χ3n) is 3.52. The zero-order chi connectivity index (χ0) is 15.5. The van der Waals surface area contributed by atoms with Crippen LogP contribution in [-0.4, -0.2) is 45.2 Å². The second kappa shape index (κ2) is 6.27. The first-order valence-electron chi connectivity index (χ1n) is 6.82. The van der Waals surface area contributed by atoms with Crippen LogP contribution in [0.25, 0.3) is 0 Å². The summed E-state index contributed by atoms with van der Waals surface area (Å²) in [6.45, 7) is 1.46. The number of carbonyl (C=O) groups excluding carboxylic acids is 1. The molecule has 7 nitrogen and oxygen atoms in total. The molecule has 0 saturated carbocycles. The summed E-state index contributed by atoms with van der Waals surface area (Å²) in [5.74, 6) is -0.591. The molecule has 1 aliphatic heterocycles. The topological polar surface area (TPSA) is 75.9 Å². The summed E-state index contributed by atoms with van der Waals surface area (Å²) in [4.78, 5) is 13.9. The van der Waals surface area contributed by atoms with Gasteiger partial charge in [-0.15, -0.1) is 5.10 Å². The smallest absolute Gasteiger partial charge is 0.242 e. The van der Waals surface area contributed by atoms with E-state index >= 15 is 0 Å². The number of halogens is 2. The van der Waals surface area contributed by atoms with Crippen molar-refractivity contribution in [2.24, 2.45) is 0 Å². The van der Waals surface area contributed by atoms with Crippen molar-refractivity contribution in [1.82, 2.24) is 25.5 Å². The molecule has 2 aromatic rings. The van der Waals surface area contributed by atoms with Crippen molar-refractivity contribution in [2.45, 2.75) is 19.0 Å². The molecular formula is C13H14ClFN6O. The standard InChI is InChI=1S/C13H14ClFN6O/c14-11-2-1-10(5-12(11)15)20-4-3-9(6-20)17-13(22)7-21-8-16-18-19-21/h1-2,5,8-9H,3-4,6-7H2,(H,17,22)/t9-/m1/s1. The molecule has 116 valence electrons. The maximum atomic E-state index is 13.5. The molecular weight excluding hydrogens is 311 g/mol. The van der Waals surface area contributed by atoms with Gasteiger partial charge in [-0.05, 0) is 35.0 Å². The van der Waals surface area contributed by atoms with Crippen LogP contribution in [0.4, 0.5) is 10.1 Å². The fourth-order valence-electron chi connectivity index (χ4n) is 2.47. The van der Waals surface area contributed by atoms with E-state index in [1.54, 1.807) is 6.07 Å². The molecule has 0 bridgehead atoms.